The topological polar surface area (TPSA) is 29.1 Å². The number of amides is 1. The second-order valence-electron chi connectivity index (χ2n) is 2.72. The average molecular weight is 159 g/mol. The minimum atomic E-state index is -0.00583. The molecule has 0 aromatic heterocycles. The molecule has 0 aliphatic heterocycles. The van der Waals surface area contributed by atoms with E-state index in [9.17, 15) is 4.79 Å². The summed E-state index contributed by atoms with van der Waals surface area (Å²) in [4.78, 5) is 11.2. The molecule has 12 heavy (non-hydrogen) atoms. The van der Waals surface area contributed by atoms with E-state index in [2.05, 4.69) is 5.32 Å². The Kier molecular flexibility index (Phi) is 1.47. The molecular formula is C10H9NO. The van der Waals surface area contributed by atoms with Crippen LogP contribution in [0.25, 0.3) is 11.6 Å². The molecule has 1 aliphatic carbocycles. The van der Waals surface area contributed by atoms with Crippen LogP contribution in [0.15, 0.2) is 24.3 Å². The second-order valence-corrected chi connectivity index (χ2v) is 2.72. The Morgan fingerprint density at radius 1 is 1.33 bits per heavy atom. The third kappa shape index (κ3) is 0.848. The third-order valence-corrected chi connectivity index (χ3v) is 2.02. The third-order valence-electron chi connectivity index (χ3n) is 2.02. The standard InChI is InChI=1S/C10H9NO/c1-11-10(12)9-6-7-4-2-3-5-8(7)9/h2-6H,1H3,(H,11,12). The van der Waals surface area contributed by atoms with Crippen LogP contribution >= 0.6 is 0 Å². The van der Waals surface area contributed by atoms with Gasteiger partial charge in [0.1, 0.15) is 0 Å². The van der Waals surface area contributed by atoms with Crippen LogP contribution in [-0.2, 0) is 4.79 Å². The Balaban J connectivity index is 2.57. The number of nitrogens with one attached hydrogen (secondary N) is 1. The van der Waals surface area contributed by atoms with Gasteiger partial charge in [-0.25, -0.2) is 0 Å². The van der Waals surface area contributed by atoms with Crippen LogP contribution in [-0.4, -0.2) is 13.0 Å². The summed E-state index contributed by atoms with van der Waals surface area (Å²) in [6.45, 7) is 0. The summed E-state index contributed by atoms with van der Waals surface area (Å²) < 4.78 is 0. The van der Waals surface area contributed by atoms with Gasteiger partial charge in [-0.1, -0.05) is 24.3 Å². The average Bonchev–Trinajstić information content (AvgIpc) is 2.07. The number of rotatable bonds is 1. The van der Waals surface area contributed by atoms with E-state index in [4.69, 9.17) is 0 Å². The summed E-state index contributed by atoms with van der Waals surface area (Å²) in [6, 6.07) is 7.87. The van der Waals surface area contributed by atoms with Crippen LogP contribution < -0.4 is 15.8 Å². The largest absolute Gasteiger partial charge is 0.355 e. The maximum atomic E-state index is 11.2. The molecule has 0 saturated carbocycles. The van der Waals surface area contributed by atoms with E-state index >= 15 is 0 Å². The highest BCUT2D eigenvalue weighted by atomic mass is 16.1. The summed E-state index contributed by atoms with van der Waals surface area (Å²) >= 11 is 0. The van der Waals surface area contributed by atoms with Gasteiger partial charge in [0.05, 0.1) is 0 Å². The van der Waals surface area contributed by atoms with E-state index in [0.717, 1.165) is 16.0 Å². The quantitative estimate of drug-likeness (QED) is 0.581. The van der Waals surface area contributed by atoms with Crippen molar-refractivity contribution in [2.24, 2.45) is 0 Å². The van der Waals surface area contributed by atoms with Gasteiger partial charge in [0.15, 0.2) is 0 Å². The molecule has 2 nitrogen and oxygen atoms in total. The lowest BCUT2D eigenvalue weighted by Gasteiger charge is -2.08. The molecule has 0 fully saturated rings. The number of hydrogen-bond donors (Lipinski definition) is 1. The first-order valence-electron chi connectivity index (χ1n) is 3.86. The van der Waals surface area contributed by atoms with Crippen molar-refractivity contribution in [1.29, 1.82) is 0 Å². The lowest BCUT2D eigenvalue weighted by Crippen LogP contribution is -2.39. The van der Waals surface area contributed by atoms with Gasteiger partial charge in [-0.15, -0.1) is 0 Å². The van der Waals surface area contributed by atoms with Gasteiger partial charge in [-0.05, 0) is 16.5 Å². The fraction of sp³-hybridized carbons (Fsp3) is 0.100. The second kappa shape index (κ2) is 2.48. The van der Waals surface area contributed by atoms with Crippen molar-refractivity contribution in [1.82, 2.24) is 5.32 Å². The molecule has 1 aromatic rings. The zero-order chi connectivity index (χ0) is 8.55. The molecule has 2 heteroatoms. The maximum absolute atomic E-state index is 11.2. The summed E-state index contributed by atoms with van der Waals surface area (Å²) in [5.74, 6) is -0.00583. The van der Waals surface area contributed by atoms with E-state index in [1.54, 1.807) is 7.05 Å². The van der Waals surface area contributed by atoms with E-state index in [1.165, 1.54) is 0 Å². The molecule has 1 N–H and O–H groups in total. The SMILES string of the molecule is CNC(=O)C1=c2ccccc2=C1. The van der Waals surface area contributed by atoms with Gasteiger partial charge < -0.3 is 5.32 Å². The van der Waals surface area contributed by atoms with Crippen molar-refractivity contribution in [3.63, 3.8) is 0 Å². The molecule has 0 saturated heterocycles. The zero-order valence-corrected chi connectivity index (χ0v) is 6.79. The van der Waals surface area contributed by atoms with Gasteiger partial charge in [0.2, 0.25) is 0 Å². The van der Waals surface area contributed by atoms with E-state index in [1.807, 2.05) is 30.3 Å². The minimum absolute atomic E-state index is 0.00583. The van der Waals surface area contributed by atoms with E-state index in [0.29, 0.717) is 0 Å². The highest BCUT2D eigenvalue weighted by Crippen LogP contribution is 1.99. The van der Waals surface area contributed by atoms with Crippen molar-refractivity contribution in [3.8, 4) is 0 Å². The first kappa shape index (κ1) is 7.10. The predicted octanol–water partition coefficient (Wildman–Crippen LogP) is -0.623. The summed E-state index contributed by atoms with van der Waals surface area (Å²) in [6.07, 6.45) is 1.90. The highest BCUT2D eigenvalue weighted by molar-refractivity contribution is 6.25. The number of hydrogen-bond acceptors (Lipinski definition) is 1. The number of carbonyl (C=O) groups excluding carboxylic acids is 1. The zero-order valence-electron chi connectivity index (χ0n) is 6.79. The Morgan fingerprint density at radius 2 is 2.08 bits per heavy atom. The molecule has 0 spiro atoms. The molecule has 0 unspecified atom stereocenters. The van der Waals surface area contributed by atoms with Crippen LogP contribution in [0.3, 0.4) is 0 Å². The predicted molar refractivity (Wildman–Crippen MR) is 47.6 cm³/mol. The fourth-order valence-electron chi connectivity index (χ4n) is 1.35. The van der Waals surface area contributed by atoms with Gasteiger partial charge in [-0.2, -0.15) is 0 Å². The lowest BCUT2D eigenvalue weighted by atomic mass is 10.00. The van der Waals surface area contributed by atoms with Gasteiger partial charge in [0, 0.05) is 12.6 Å². The fourth-order valence-corrected chi connectivity index (χ4v) is 1.35. The Hall–Kier alpha value is -1.57. The molecule has 60 valence electrons. The highest BCUT2D eigenvalue weighted by Gasteiger charge is 2.11. The molecule has 1 aliphatic rings. The Bertz CT molecular complexity index is 445. The molecular weight excluding hydrogens is 150 g/mol. The van der Waals surface area contributed by atoms with Crippen molar-refractivity contribution >= 4 is 17.6 Å². The van der Waals surface area contributed by atoms with E-state index in [-0.39, 0.29) is 5.91 Å². The molecule has 0 heterocycles. The maximum Gasteiger partial charge on any atom is 0.251 e. The van der Waals surface area contributed by atoms with Crippen LogP contribution in [0.2, 0.25) is 0 Å². The van der Waals surface area contributed by atoms with Crippen molar-refractivity contribution < 1.29 is 4.79 Å². The van der Waals surface area contributed by atoms with Gasteiger partial charge in [-0.3, -0.25) is 4.79 Å². The van der Waals surface area contributed by atoms with Crippen LogP contribution in [0.4, 0.5) is 0 Å². The number of fused-ring (bicyclic) bond motifs is 1. The lowest BCUT2D eigenvalue weighted by molar-refractivity contribution is -0.115. The smallest absolute Gasteiger partial charge is 0.251 e. The first-order valence-corrected chi connectivity index (χ1v) is 3.86. The normalized spacial score (nSPS) is 12.6. The molecule has 0 atom stereocenters. The summed E-state index contributed by atoms with van der Waals surface area (Å²) in [5, 5.41) is 4.80. The molecule has 0 bridgehead atoms. The van der Waals surface area contributed by atoms with Crippen molar-refractivity contribution in [2.45, 2.75) is 0 Å². The number of carbonyl (C=O) groups is 1. The van der Waals surface area contributed by atoms with Gasteiger partial charge >= 0.3 is 0 Å². The summed E-state index contributed by atoms with van der Waals surface area (Å²) in [5.41, 5.74) is 0.785. The Morgan fingerprint density at radius 3 is 2.75 bits per heavy atom. The van der Waals surface area contributed by atoms with Crippen molar-refractivity contribution in [3.05, 3.63) is 34.7 Å². The summed E-state index contributed by atoms with van der Waals surface area (Å²) in [7, 11) is 1.64. The number of benzene rings is 1. The van der Waals surface area contributed by atoms with Crippen LogP contribution in [0.1, 0.15) is 0 Å². The van der Waals surface area contributed by atoms with E-state index < -0.39 is 0 Å². The minimum Gasteiger partial charge on any atom is -0.355 e. The Labute approximate surface area is 70.2 Å². The van der Waals surface area contributed by atoms with Crippen LogP contribution in [0, 0.1) is 0 Å². The van der Waals surface area contributed by atoms with Crippen molar-refractivity contribution in [2.75, 3.05) is 7.05 Å². The molecule has 1 aromatic carbocycles. The first-order chi connectivity index (χ1) is 5.83. The van der Waals surface area contributed by atoms with Gasteiger partial charge in [0.25, 0.3) is 5.91 Å². The van der Waals surface area contributed by atoms with Crippen LogP contribution in [0.5, 0.6) is 0 Å². The molecule has 2 rings (SSSR count). The monoisotopic (exact) mass is 159 g/mol. The molecule has 1 amide bonds. The molecule has 0 radical (unpaired) electrons.